The largest absolute Gasteiger partial charge is 0.365 e. The van der Waals surface area contributed by atoms with Crippen molar-refractivity contribution in [2.45, 2.75) is 32.5 Å². The molecule has 0 fully saturated rings. The zero-order valence-corrected chi connectivity index (χ0v) is 12.3. The molecule has 0 aromatic heterocycles. The van der Waals surface area contributed by atoms with E-state index in [4.69, 9.17) is 0 Å². The van der Waals surface area contributed by atoms with Crippen LogP contribution in [-0.4, -0.2) is 12.6 Å². The molecule has 0 spiro atoms. The second-order valence-corrected chi connectivity index (χ2v) is 5.63. The van der Waals surface area contributed by atoms with Crippen molar-refractivity contribution in [1.82, 2.24) is 5.32 Å². The highest BCUT2D eigenvalue weighted by Gasteiger charge is 2.20. The van der Waals surface area contributed by atoms with Gasteiger partial charge in [-0.05, 0) is 35.7 Å². The van der Waals surface area contributed by atoms with Crippen LogP contribution < -0.4 is 10.2 Å². The summed E-state index contributed by atoms with van der Waals surface area (Å²) >= 11 is 0. The van der Waals surface area contributed by atoms with Gasteiger partial charge in [-0.25, -0.2) is 4.39 Å². The van der Waals surface area contributed by atoms with Crippen LogP contribution in [0.25, 0.3) is 0 Å². The standard InChI is InChI=1S/C18H21FN2/c1-2-17-13-21(12-14-6-5-8-16(19)10-14)18-9-4-3-7-15(18)11-20-17/h3-10,17,20H,2,11-13H2,1H3. The van der Waals surface area contributed by atoms with Crippen LogP contribution in [0.3, 0.4) is 0 Å². The normalized spacial score (nSPS) is 18.2. The summed E-state index contributed by atoms with van der Waals surface area (Å²) in [5.41, 5.74) is 3.58. The van der Waals surface area contributed by atoms with Gasteiger partial charge in [-0.15, -0.1) is 0 Å². The van der Waals surface area contributed by atoms with Crippen molar-refractivity contribution in [3.05, 3.63) is 65.5 Å². The Kier molecular flexibility index (Phi) is 4.20. The number of fused-ring (bicyclic) bond motifs is 1. The predicted molar refractivity (Wildman–Crippen MR) is 84.8 cm³/mol. The molecule has 0 saturated heterocycles. The van der Waals surface area contributed by atoms with E-state index < -0.39 is 0 Å². The maximum Gasteiger partial charge on any atom is 0.123 e. The first-order chi connectivity index (χ1) is 10.3. The molecule has 0 bridgehead atoms. The van der Waals surface area contributed by atoms with Crippen LogP contribution in [0.5, 0.6) is 0 Å². The molecule has 1 atom stereocenters. The van der Waals surface area contributed by atoms with Crippen LogP contribution >= 0.6 is 0 Å². The number of hydrogen-bond acceptors (Lipinski definition) is 2. The lowest BCUT2D eigenvalue weighted by molar-refractivity contribution is 0.502. The fraction of sp³-hybridized carbons (Fsp3) is 0.333. The molecular formula is C18H21FN2. The average Bonchev–Trinajstić information content (AvgIpc) is 2.67. The summed E-state index contributed by atoms with van der Waals surface area (Å²) < 4.78 is 13.4. The van der Waals surface area contributed by atoms with Crippen molar-refractivity contribution in [2.24, 2.45) is 0 Å². The lowest BCUT2D eigenvalue weighted by Crippen LogP contribution is -2.37. The quantitative estimate of drug-likeness (QED) is 0.924. The summed E-state index contributed by atoms with van der Waals surface area (Å²) in [4.78, 5) is 2.36. The third-order valence-corrected chi connectivity index (χ3v) is 4.11. The van der Waals surface area contributed by atoms with E-state index in [2.05, 4.69) is 41.4 Å². The molecule has 0 aliphatic carbocycles. The number of para-hydroxylation sites is 1. The maximum atomic E-state index is 13.4. The van der Waals surface area contributed by atoms with Gasteiger partial charge in [0.2, 0.25) is 0 Å². The van der Waals surface area contributed by atoms with E-state index >= 15 is 0 Å². The molecule has 1 aliphatic heterocycles. The number of nitrogens with zero attached hydrogens (tertiary/aromatic N) is 1. The van der Waals surface area contributed by atoms with Crippen molar-refractivity contribution < 1.29 is 4.39 Å². The van der Waals surface area contributed by atoms with Gasteiger partial charge in [0.1, 0.15) is 5.82 Å². The molecule has 0 saturated carbocycles. The Morgan fingerprint density at radius 1 is 1.19 bits per heavy atom. The lowest BCUT2D eigenvalue weighted by atomic mass is 10.1. The number of benzene rings is 2. The van der Waals surface area contributed by atoms with Crippen molar-refractivity contribution in [3.8, 4) is 0 Å². The van der Waals surface area contributed by atoms with Gasteiger partial charge in [0.05, 0.1) is 0 Å². The highest BCUT2D eigenvalue weighted by molar-refractivity contribution is 5.55. The third kappa shape index (κ3) is 3.24. The molecule has 2 aromatic carbocycles. The van der Waals surface area contributed by atoms with Gasteiger partial charge in [-0.3, -0.25) is 0 Å². The molecule has 2 nitrogen and oxygen atoms in total. The van der Waals surface area contributed by atoms with E-state index in [0.717, 1.165) is 31.6 Å². The Morgan fingerprint density at radius 2 is 2.05 bits per heavy atom. The zero-order valence-electron chi connectivity index (χ0n) is 12.3. The van der Waals surface area contributed by atoms with E-state index in [9.17, 15) is 4.39 Å². The van der Waals surface area contributed by atoms with Gasteiger partial charge < -0.3 is 10.2 Å². The summed E-state index contributed by atoms with van der Waals surface area (Å²) in [5.74, 6) is -0.166. The van der Waals surface area contributed by atoms with E-state index in [0.29, 0.717) is 6.04 Å². The van der Waals surface area contributed by atoms with E-state index in [1.807, 2.05) is 6.07 Å². The van der Waals surface area contributed by atoms with Crippen molar-refractivity contribution >= 4 is 5.69 Å². The summed E-state index contributed by atoms with van der Waals surface area (Å²) in [6, 6.07) is 15.8. The zero-order chi connectivity index (χ0) is 14.7. The summed E-state index contributed by atoms with van der Waals surface area (Å²) in [7, 11) is 0. The van der Waals surface area contributed by atoms with Gasteiger partial charge in [-0.2, -0.15) is 0 Å². The fourth-order valence-corrected chi connectivity index (χ4v) is 2.93. The minimum absolute atomic E-state index is 0.166. The van der Waals surface area contributed by atoms with Crippen LogP contribution in [-0.2, 0) is 13.1 Å². The Labute approximate surface area is 125 Å². The lowest BCUT2D eigenvalue weighted by Gasteiger charge is -2.27. The topological polar surface area (TPSA) is 15.3 Å². The molecule has 1 unspecified atom stereocenters. The van der Waals surface area contributed by atoms with Gasteiger partial charge in [0.15, 0.2) is 0 Å². The highest BCUT2D eigenvalue weighted by atomic mass is 19.1. The van der Waals surface area contributed by atoms with Crippen molar-refractivity contribution in [3.63, 3.8) is 0 Å². The Hall–Kier alpha value is -1.87. The molecule has 1 heterocycles. The van der Waals surface area contributed by atoms with Crippen LogP contribution in [0.4, 0.5) is 10.1 Å². The molecule has 0 amide bonds. The molecule has 1 aliphatic rings. The average molecular weight is 284 g/mol. The van der Waals surface area contributed by atoms with E-state index in [1.54, 1.807) is 12.1 Å². The second-order valence-electron chi connectivity index (χ2n) is 5.63. The first-order valence-corrected chi connectivity index (χ1v) is 7.57. The van der Waals surface area contributed by atoms with E-state index in [-0.39, 0.29) is 5.82 Å². The van der Waals surface area contributed by atoms with Gasteiger partial charge in [-0.1, -0.05) is 37.3 Å². The van der Waals surface area contributed by atoms with Crippen molar-refractivity contribution in [2.75, 3.05) is 11.4 Å². The summed E-state index contributed by atoms with van der Waals surface area (Å²) in [5, 5.41) is 3.60. The second kappa shape index (κ2) is 6.27. The molecular weight excluding hydrogens is 263 g/mol. The molecule has 2 aromatic rings. The smallest absolute Gasteiger partial charge is 0.123 e. The predicted octanol–water partition coefficient (Wildman–Crippen LogP) is 3.71. The van der Waals surface area contributed by atoms with Gasteiger partial charge >= 0.3 is 0 Å². The van der Waals surface area contributed by atoms with Gasteiger partial charge in [0.25, 0.3) is 0 Å². The highest BCUT2D eigenvalue weighted by Crippen LogP contribution is 2.25. The number of nitrogens with one attached hydrogen (secondary N) is 1. The molecule has 110 valence electrons. The number of rotatable bonds is 3. The van der Waals surface area contributed by atoms with Crippen LogP contribution in [0.2, 0.25) is 0 Å². The van der Waals surface area contributed by atoms with Crippen LogP contribution in [0.15, 0.2) is 48.5 Å². The minimum atomic E-state index is -0.166. The Morgan fingerprint density at radius 3 is 2.86 bits per heavy atom. The van der Waals surface area contributed by atoms with Gasteiger partial charge in [0, 0.05) is 31.4 Å². The molecule has 3 heteroatoms. The monoisotopic (exact) mass is 284 g/mol. The fourth-order valence-electron chi connectivity index (χ4n) is 2.93. The Balaban J connectivity index is 1.90. The molecule has 1 N–H and O–H groups in total. The van der Waals surface area contributed by atoms with E-state index in [1.165, 1.54) is 17.3 Å². The van der Waals surface area contributed by atoms with Crippen molar-refractivity contribution in [1.29, 1.82) is 0 Å². The molecule has 21 heavy (non-hydrogen) atoms. The summed E-state index contributed by atoms with van der Waals surface area (Å²) in [6.07, 6.45) is 1.09. The summed E-state index contributed by atoms with van der Waals surface area (Å²) in [6.45, 7) is 4.79. The minimum Gasteiger partial charge on any atom is -0.365 e. The Bertz CT molecular complexity index is 612. The number of hydrogen-bond donors (Lipinski definition) is 1. The maximum absolute atomic E-state index is 13.4. The SMILES string of the molecule is CCC1CN(Cc2cccc(F)c2)c2ccccc2CN1. The first kappa shape index (κ1) is 14.1. The first-order valence-electron chi connectivity index (χ1n) is 7.57. The molecule has 0 radical (unpaired) electrons. The third-order valence-electron chi connectivity index (χ3n) is 4.11. The number of anilines is 1. The molecule has 3 rings (SSSR count). The van der Waals surface area contributed by atoms with Crippen LogP contribution in [0, 0.1) is 5.82 Å². The van der Waals surface area contributed by atoms with Crippen LogP contribution in [0.1, 0.15) is 24.5 Å². The number of halogens is 1.